The molecule has 41 heavy (non-hydrogen) atoms. The van der Waals surface area contributed by atoms with Gasteiger partial charge in [-0.25, -0.2) is 0 Å². The van der Waals surface area contributed by atoms with Crippen LogP contribution < -0.4 is 13.4 Å². The fraction of sp³-hybridized carbons (Fsp3) is 0.189. The Morgan fingerprint density at radius 2 is 1.46 bits per heavy atom. The molecule has 0 aliphatic carbocycles. The van der Waals surface area contributed by atoms with Crippen LogP contribution in [-0.4, -0.2) is 13.3 Å². The molecule has 0 fully saturated rings. The molecule has 4 aromatic carbocycles. The average Bonchev–Trinajstić information content (AvgIpc) is 3.35. The first-order chi connectivity index (χ1) is 19.6. The number of fused-ring (bicyclic) bond motifs is 5. The number of aryl methyl sites for hydroxylation is 2. The van der Waals surface area contributed by atoms with E-state index in [2.05, 4.69) is 123 Å². The number of benzene rings is 4. The van der Waals surface area contributed by atoms with E-state index in [1.54, 1.807) is 4.40 Å². The fourth-order valence-corrected chi connectivity index (χ4v) is 14.3. The Morgan fingerprint density at radius 1 is 0.780 bits per heavy atom. The molecule has 200 valence electrons. The van der Waals surface area contributed by atoms with Gasteiger partial charge in [0.25, 0.3) is 0 Å². The molecule has 6 aromatic rings. The van der Waals surface area contributed by atoms with Crippen molar-refractivity contribution in [3.05, 3.63) is 113 Å². The molecule has 0 unspecified atom stereocenters. The van der Waals surface area contributed by atoms with Crippen molar-refractivity contribution in [3.8, 4) is 28.5 Å². The van der Waals surface area contributed by atoms with E-state index in [4.69, 9.17) is 4.42 Å². The van der Waals surface area contributed by atoms with Gasteiger partial charge in [-0.15, -0.1) is 0 Å². The normalized spacial score (nSPS) is 15.0. The molecule has 0 saturated carbocycles. The van der Waals surface area contributed by atoms with Crippen molar-refractivity contribution in [2.45, 2.75) is 37.7 Å². The van der Waals surface area contributed by atoms with Crippen molar-refractivity contribution in [1.29, 1.82) is 5.26 Å². The predicted octanol–water partition coefficient (Wildman–Crippen LogP) is 7.39. The number of hydrogen-bond donors (Lipinski definition) is 0. The van der Waals surface area contributed by atoms with Crippen molar-refractivity contribution in [2.75, 3.05) is 0 Å². The van der Waals surface area contributed by atoms with Gasteiger partial charge in [-0.2, -0.15) is 0 Å². The summed E-state index contributed by atoms with van der Waals surface area (Å²) in [4.78, 5) is 0. The minimum absolute atomic E-state index is 0.135. The second kappa shape index (κ2) is 8.93. The van der Waals surface area contributed by atoms with Crippen LogP contribution in [0.4, 0.5) is 0 Å². The number of nitriles is 1. The van der Waals surface area contributed by atoms with Crippen molar-refractivity contribution >= 4 is 44.0 Å². The standard InChI is InChI=1S/C37H33GeN2O/c1-23-14-17-26-27-18-15-25(22-39)34(36(27)41-35(26)33(23)32-13-9-10-20-40(32)6)24-16-19-31-29(21-24)37(2,3)28-11-7-8-12-30(28)38(31,4)5/h7-21H,1-6H3/q+1. The van der Waals surface area contributed by atoms with E-state index in [1.165, 1.54) is 15.5 Å². The van der Waals surface area contributed by atoms with Gasteiger partial charge in [-0.05, 0) is 0 Å². The summed E-state index contributed by atoms with van der Waals surface area (Å²) in [6.45, 7) is 6.81. The summed E-state index contributed by atoms with van der Waals surface area (Å²) in [6, 6.07) is 33.0. The van der Waals surface area contributed by atoms with Gasteiger partial charge >= 0.3 is 239 Å². The van der Waals surface area contributed by atoms with Crippen LogP contribution in [0, 0.1) is 18.3 Å². The molecule has 4 heteroatoms. The third-order valence-corrected chi connectivity index (χ3v) is 16.9. The van der Waals surface area contributed by atoms with E-state index >= 15 is 0 Å². The number of furan rings is 1. The van der Waals surface area contributed by atoms with Gasteiger partial charge in [-0.1, -0.05) is 0 Å². The number of hydrogen-bond acceptors (Lipinski definition) is 2. The van der Waals surface area contributed by atoms with Crippen LogP contribution in [0.15, 0.2) is 95.5 Å². The summed E-state index contributed by atoms with van der Waals surface area (Å²) in [5.74, 6) is 5.00. The van der Waals surface area contributed by atoms with Gasteiger partial charge < -0.3 is 0 Å². The van der Waals surface area contributed by atoms with Gasteiger partial charge in [0.15, 0.2) is 0 Å². The van der Waals surface area contributed by atoms with Crippen molar-refractivity contribution in [3.63, 3.8) is 0 Å². The summed E-state index contributed by atoms with van der Waals surface area (Å²) in [5, 5.41) is 12.4. The molecule has 0 atom stereocenters. The molecular formula is C37H33GeN2O+. The van der Waals surface area contributed by atoms with Crippen LogP contribution in [0.1, 0.15) is 36.1 Å². The molecule has 0 spiro atoms. The molecule has 0 radical (unpaired) electrons. The summed E-state index contributed by atoms with van der Waals surface area (Å²) in [6.07, 6.45) is 2.06. The van der Waals surface area contributed by atoms with E-state index in [0.717, 1.165) is 49.9 Å². The van der Waals surface area contributed by atoms with Crippen LogP contribution in [0.2, 0.25) is 11.5 Å². The Bertz CT molecular complexity index is 2090. The second-order valence-corrected chi connectivity index (χ2v) is 21.5. The summed E-state index contributed by atoms with van der Waals surface area (Å²) < 4.78 is 12.1. The second-order valence-electron chi connectivity index (χ2n) is 12.5. The first kappa shape index (κ1) is 25.8. The van der Waals surface area contributed by atoms with Crippen molar-refractivity contribution < 1.29 is 8.98 Å². The summed E-state index contributed by atoms with van der Waals surface area (Å²) in [5.41, 5.74) is 10.2. The molecule has 1 aliphatic heterocycles. The Hall–Kier alpha value is -4.14. The third-order valence-electron chi connectivity index (χ3n) is 9.38. The molecule has 3 nitrogen and oxygen atoms in total. The fourth-order valence-electron chi connectivity index (χ4n) is 7.11. The SMILES string of the molecule is Cc1ccc2c(oc3c(-c4cc[c]5c(c4)C(C)(C)c4cccc[c]4[Ge]5([CH3])[CH3])c(C#N)ccc32)c1-c1cccc[n+]1C. The molecule has 2 aromatic heterocycles. The Kier molecular flexibility index (Phi) is 5.62. The van der Waals surface area contributed by atoms with Crippen molar-refractivity contribution in [1.82, 2.24) is 0 Å². The van der Waals surface area contributed by atoms with E-state index in [9.17, 15) is 5.26 Å². The Labute approximate surface area is 244 Å². The quantitative estimate of drug-likeness (QED) is 0.155. The van der Waals surface area contributed by atoms with Crippen LogP contribution in [-0.2, 0) is 12.5 Å². The molecular weight excluding hydrogens is 561 g/mol. The zero-order chi connectivity index (χ0) is 28.7. The Morgan fingerprint density at radius 3 is 2.22 bits per heavy atom. The molecule has 1 aliphatic rings. The van der Waals surface area contributed by atoms with Crippen LogP contribution >= 0.6 is 0 Å². The van der Waals surface area contributed by atoms with E-state index < -0.39 is 13.3 Å². The number of pyridine rings is 1. The average molecular weight is 594 g/mol. The van der Waals surface area contributed by atoms with Gasteiger partial charge in [0.05, 0.1) is 0 Å². The number of nitrogens with zero attached hydrogens (tertiary/aromatic N) is 2. The molecule has 3 heterocycles. The maximum atomic E-state index is 10.3. The molecule has 0 amide bonds. The molecule has 0 saturated heterocycles. The summed E-state index contributed by atoms with van der Waals surface area (Å²) >= 11 is -2.51. The van der Waals surface area contributed by atoms with E-state index in [1.807, 2.05) is 18.2 Å². The monoisotopic (exact) mass is 595 g/mol. The minimum atomic E-state index is -2.51. The van der Waals surface area contributed by atoms with E-state index in [0.29, 0.717) is 5.56 Å². The zero-order valence-electron chi connectivity index (χ0n) is 24.5. The first-order valence-electron chi connectivity index (χ1n) is 14.2. The molecule has 7 rings (SSSR count). The van der Waals surface area contributed by atoms with Crippen LogP contribution in [0.3, 0.4) is 0 Å². The van der Waals surface area contributed by atoms with Gasteiger partial charge in [0.2, 0.25) is 0 Å². The van der Waals surface area contributed by atoms with Gasteiger partial charge in [0.1, 0.15) is 0 Å². The zero-order valence-corrected chi connectivity index (χ0v) is 26.6. The third kappa shape index (κ3) is 3.60. The van der Waals surface area contributed by atoms with E-state index in [-0.39, 0.29) is 5.41 Å². The number of aromatic nitrogens is 1. The Balaban J connectivity index is 1.53. The molecule has 0 bridgehead atoms. The van der Waals surface area contributed by atoms with Crippen LogP contribution in [0.25, 0.3) is 44.3 Å². The van der Waals surface area contributed by atoms with Crippen molar-refractivity contribution in [2.24, 2.45) is 7.05 Å². The summed E-state index contributed by atoms with van der Waals surface area (Å²) in [7, 11) is 2.06. The maximum absolute atomic E-state index is 10.3. The molecule has 0 N–H and O–H groups in total. The number of rotatable bonds is 2. The first-order valence-corrected chi connectivity index (χ1v) is 20.5. The van der Waals surface area contributed by atoms with Crippen LogP contribution in [0.5, 0.6) is 0 Å². The van der Waals surface area contributed by atoms with Gasteiger partial charge in [0, 0.05) is 6.07 Å². The predicted molar refractivity (Wildman–Crippen MR) is 171 cm³/mol. The van der Waals surface area contributed by atoms with Gasteiger partial charge in [-0.3, -0.25) is 0 Å². The topological polar surface area (TPSA) is 40.8 Å².